The van der Waals surface area contributed by atoms with E-state index in [0.717, 1.165) is 0 Å². The van der Waals surface area contributed by atoms with Gasteiger partial charge in [0.05, 0.1) is 5.57 Å². The molecule has 5 heteroatoms. The third kappa shape index (κ3) is 3.49. The Balaban J connectivity index is 1.43. The molecule has 0 saturated carbocycles. The van der Waals surface area contributed by atoms with Crippen LogP contribution in [0.2, 0.25) is 0 Å². The third-order valence-electron chi connectivity index (χ3n) is 5.83. The van der Waals surface area contributed by atoms with Gasteiger partial charge in [-0.25, -0.2) is 0 Å². The van der Waals surface area contributed by atoms with Crippen molar-refractivity contribution in [3.05, 3.63) is 130 Å². The van der Waals surface area contributed by atoms with Gasteiger partial charge >= 0.3 is 0 Å². The van der Waals surface area contributed by atoms with Crippen LogP contribution in [0.3, 0.4) is 0 Å². The fourth-order valence-electron chi connectivity index (χ4n) is 4.08. The maximum Gasteiger partial charge on any atom is 0.237 e. The average molecular weight is 444 g/mol. The minimum Gasteiger partial charge on any atom is -0.288 e. The maximum atomic E-state index is 13.1. The molecule has 0 amide bonds. The first-order chi connectivity index (χ1) is 16.5. The maximum absolute atomic E-state index is 13.1. The van der Waals surface area contributed by atoms with Gasteiger partial charge in [-0.1, -0.05) is 78.9 Å². The monoisotopic (exact) mass is 444 g/mol. The lowest BCUT2D eigenvalue weighted by Crippen LogP contribution is -2.24. The number of Topliss-reactive ketones (excluding diaryl/α,β-unsaturated/α-hetero) is 5. The van der Waals surface area contributed by atoms with Crippen LogP contribution in [0.1, 0.15) is 42.2 Å². The molecule has 0 bridgehead atoms. The Bertz CT molecular complexity index is 1500. The normalized spacial score (nSPS) is 13.8. The zero-order valence-corrected chi connectivity index (χ0v) is 17.8. The van der Waals surface area contributed by atoms with Crippen LogP contribution in [-0.2, 0) is 9.59 Å². The molecule has 0 atom stereocenters. The Morgan fingerprint density at radius 3 is 1.71 bits per heavy atom. The summed E-state index contributed by atoms with van der Waals surface area (Å²) in [6, 6.07) is 21.1. The van der Waals surface area contributed by atoms with Crippen LogP contribution in [-0.4, -0.2) is 28.9 Å². The van der Waals surface area contributed by atoms with E-state index in [0.29, 0.717) is 22.3 Å². The van der Waals surface area contributed by atoms with Gasteiger partial charge in [0, 0.05) is 22.3 Å². The van der Waals surface area contributed by atoms with E-state index in [2.05, 4.69) is 0 Å². The molecule has 0 fully saturated rings. The van der Waals surface area contributed by atoms with Crippen molar-refractivity contribution in [3.8, 4) is 0 Å². The summed E-state index contributed by atoms with van der Waals surface area (Å²) in [5, 5.41) is 0. The lowest BCUT2D eigenvalue weighted by Gasteiger charge is -2.13. The van der Waals surface area contributed by atoms with Gasteiger partial charge in [-0.3, -0.25) is 24.0 Å². The number of hydrogen-bond acceptors (Lipinski definition) is 5. The molecule has 3 aromatic carbocycles. The van der Waals surface area contributed by atoms with Crippen molar-refractivity contribution < 1.29 is 24.0 Å². The topological polar surface area (TPSA) is 85.3 Å². The predicted octanol–water partition coefficient (Wildman–Crippen LogP) is 4.49. The van der Waals surface area contributed by atoms with E-state index in [1.54, 1.807) is 78.9 Å². The zero-order valence-electron chi connectivity index (χ0n) is 17.8. The smallest absolute Gasteiger partial charge is 0.237 e. The van der Waals surface area contributed by atoms with Crippen LogP contribution in [0.15, 0.2) is 102 Å². The first-order valence-electron chi connectivity index (χ1n) is 10.6. The number of allylic oxidation sites excluding steroid dienone is 5. The van der Waals surface area contributed by atoms with E-state index in [1.165, 1.54) is 18.2 Å². The van der Waals surface area contributed by atoms with Crippen molar-refractivity contribution in [2.75, 3.05) is 0 Å². The van der Waals surface area contributed by atoms with E-state index in [-0.39, 0.29) is 22.3 Å². The number of benzene rings is 3. The molecule has 5 nitrogen and oxygen atoms in total. The largest absolute Gasteiger partial charge is 0.288 e. The molecule has 5 rings (SSSR count). The third-order valence-corrected chi connectivity index (χ3v) is 5.83. The minimum atomic E-state index is -0.868. The van der Waals surface area contributed by atoms with Gasteiger partial charge in [-0.15, -0.1) is 0 Å². The Hall–Kier alpha value is -4.77. The summed E-state index contributed by atoms with van der Waals surface area (Å²) < 4.78 is 0. The molecule has 0 aliphatic heterocycles. The van der Waals surface area contributed by atoms with Crippen LogP contribution < -0.4 is 0 Å². The molecular formula is C29H16O5. The Morgan fingerprint density at radius 2 is 1.09 bits per heavy atom. The van der Waals surface area contributed by atoms with Gasteiger partial charge in [-0.05, 0) is 34.9 Å². The fraction of sp³-hybridized carbons (Fsp3) is 0. The van der Waals surface area contributed by atoms with Gasteiger partial charge in [0.15, 0.2) is 5.78 Å². The molecule has 34 heavy (non-hydrogen) atoms. The molecule has 2 aliphatic rings. The lowest BCUT2D eigenvalue weighted by atomic mass is 9.87. The number of carbonyl (C=O) groups excluding carboxylic acids is 5. The van der Waals surface area contributed by atoms with E-state index < -0.39 is 28.9 Å². The zero-order chi connectivity index (χ0) is 23.8. The van der Waals surface area contributed by atoms with Gasteiger partial charge in [0.2, 0.25) is 23.1 Å². The molecule has 0 aromatic heterocycles. The Morgan fingerprint density at radius 1 is 0.529 bits per heavy atom. The molecule has 0 heterocycles. The molecule has 0 radical (unpaired) electrons. The minimum absolute atomic E-state index is 0.202. The molecule has 0 N–H and O–H groups in total. The average Bonchev–Trinajstić information content (AvgIpc) is 3.27. The van der Waals surface area contributed by atoms with Crippen molar-refractivity contribution in [1.82, 2.24) is 0 Å². The highest BCUT2D eigenvalue weighted by Crippen LogP contribution is 2.40. The fourth-order valence-corrected chi connectivity index (χ4v) is 4.08. The number of ketones is 5. The van der Waals surface area contributed by atoms with E-state index in [1.807, 2.05) is 0 Å². The summed E-state index contributed by atoms with van der Waals surface area (Å²) in [5.74, 6) is -3.43. The van der Waals surface area contributed by atoms with E-state index in [4.69, 9.17) is 0 Å². The predicted molar refractivity (Wildman–Crippen MR) is 126 cm³/mol. The molecule has 0 unspecified atom stereocenters. The van der Waals surface area contributed by atoms with Gasteiger partial charge in [-0.2, -0.15) is 0 Å². The number of fused-ring (bicyclic) bond motifs is 3. The van der Waals surface area contributed by atoms with Crippen LogP contribution in [0.25, 0.3) is 11.6 Å². The molecular weight excluding hydrogens is 428 g/mol. The van der Waals surface area contributed by atoms with E-state index in [9.17, 15) is 24.0 Å². The first-order valence-corrected chi connectivity index (χ1v) is 10.6. The summed E-state index contributed by atoms with van der Waals surface area (Å²) in [5.41, 5.74) is 2.71. The lowest BCUT2D eigenvalue weighted by molar-refractivity contribution is -0.117. The summed E-state index contributed by atoms with van der Waals surface area (Å²) in [7, 11) is 0. The quantitative estimate of drug-likeness (QED) is 0.318. The van der Waals surface area contributed by atoms with Crippen molar-refractivity contribution in [2.24, 2.45) is 0 Å². The van der Waals surface area contributed by atoms with Crippen LogP contribution in [0, 0.1) is 0 Å². The second kappa shape index (κ2) is 8.30. The summed E-state index contributed by atoms with van der Waals surface area (Å²) in [4.78, 5) is 63.7. The van der Waals surface area contributed by atoms with Crippen molar-refractivity contribution in [1.29, 1.82) is 0 Å². The van der Waals surface area contributed by atoms with Crippen molar-refractivity contribution >= 4 is 40.6 Å². The molecule has 3 aromatic rings. The Labute approximate surface area is 194 Å². The van der Waals surface area contributed by atoms with Crippen molar-refractivity contribution in [2.45, 2.75) is 0 Å². The summed E-state index contributed by atoms with van der Waals surface area (Å²) >= 11 is 0. The van der Waals surface area contributed by atoms with E-state index >= 15 is 0 Å². The summed E-state index contributed by atoms with van der Waals surface area (Å²) in [6.07, 6.45) is 4.58. The Kier molecular flexibility index (Phi) is 5.15. The highest BCUT2D eigenvalue weighted by Gasteiger charge is 2.34. The van der Waals surface area contributed by atoms with Crippen LogP contribution >= 0.6 is 0 Å². The van der Waals surface area contributed by atoms with Crippen LogP contribution in [0.5, 0.6) is 0 Å². The summed E-state index contributed by atoms with van der Waals surface area (Å²) in [6.45, 7) is 0. The van der Waals surface area contributed by atoms with Gasteiger partial charge < -0.3 is 0 Å². The molecule has 162 valence electrons. The molecule has 0 spiro atoms. The standard InChI is InChI=1S/C29H16O5/c30-25(17-7-3-1-4-8-17)27(32)19-11-12-21-20(15-19)16-24-22(21)13-14-23(28(24)33)29(34)26(31)18-9-5-2-6-10-18/h1-16H. The van der Waals surface area contributed by atoms with Crippen LogP contribution in [0.4, 0.5) is 0 Å². The second-order valence-electron chi connectivity index (χ2n) is 7.90. The van der Waals surface area contributed by atoms with Gasteiger partial charge in [0.25, 0.3) is 0 Å². The number of hydrogen-bond donors (Lipinski definition) is 0. The molecule has 2 aliphatic carbocycles. The van der Waals surface area contributed by atoms with Gasteiger partial charge in [0.1, 0.15) is 0 Å². The highest BCUT2D eigenvalue weighted by atomic mass is 16.2. The molecule has 0 saturated heterocycles. The number of rotatable bonds is 6. The highest BCUT2D eigenvalue weighted by molar-refractivity contribution is 6.56. The number of carbonyl (C=O) groups is 5. The van der Waals surface area contributed by atoms with Crippen molar-refractivity contribution in [3.63, 3.8) is 0 Å². The second-order valence-corrected chi connectivity index (χ2v) is 7.90. The first kappa shape index (κ1) is 21.1. The SMILES string of the molecule is O=C(C(=O)c1ccccc1)C1=CC=C2C(=Cc3cc(C(=O)C(=O)c4ccccc4)ccc32)C1=O.